The minimum absolute atomic E-state index is 0.0530. The van der Waals surface area contributed by atoms with Crippen molar-refractivity contribution in [1.82, 2.24) is 5.32 Å². The van der Waals surface area contributed by atoms with E-state index >= 15 is 0 Å². The van der Waals surface area contributed by atoms with Gasteiger partial charge in [-0.25, -0.2) is 8.78 Å². The molecule has 0 amide bonds. The molecule has 1 aromatic carbocycles. The molecule has 0 saturated heterocycles. The Kier molecular flexibility index (Phi) is 4.49. The minimum Gasteiger partial charge on any atom is -0.312 e. The van der Waals surface area contributed by atoms with Crippen LogP contribution in [0.2, 0.25) is 0 Å². The molecule has 3 heteroatoms. The maximum atomic E-state index is 13.7. The molecule has 0 fully saturated rings. The lowest BCUT2D eigenvalue weighted by atomic mass is 9.81. The fraction of sp³-hybridized carbons (Fsp3) is 0.600. The minimum atomic E-state index is -0.528. The van der Waals surface area contributed by atoms with Gasteiger partial charge >= 0.3 is 0 Å². The Morgan fingerprint density at radius 2 is 1.67 bits per heavy atom. The van der Waals surface area contributed by atoms with Crippen molar-refractivity contribution in [2.75, 3.05) is 6.54 Å². The van der Waals surface area contributed by atoms with E-state index in [0.29, 0.717) is 5.56 Å². The summed E-state index contributed by atoms with van der Waals surface area (Å²) in [5.74, 6) is -0.990. The topological polar surface area (TPSA) is 12.0 Å². The van der Waals surface area contributed by atoms with E-state index in [2.05, 4.69) is 26.1 Å². The Morgan fingerprint density at radius 3 is 2.17 bits per heavy atom. The molecule has 0 aliphatic heterocycles. The molecule has 0 unspecified atom stereocenters. The van der Waals surface area contributed by atoms with E-state index < -0.39 is 11.6 Å². The lowest BCUT2D eigenvalue weighted by Crippen LogP contribution is -2.38. The lowest BCUT2D eigenvalue weighted by molar-refractivity contribution is 0.372. The van der Waals surface area contributed by atoms with Gasteiger partial charge in [-0.1, -0.05) is 19.9 Å². The predicted octanol–water partition coefficient (Wildman–Crippen LogP) is 4.02. The monoisotopic (exact) mass is 255 g/mol. The Labute approximate surface area is 109 Å². The van der Waals surface area contributed by atoms with Crippen LogP contribution in [0.15, 0.2) is 18.2 Å². The number of hydrogen-bond acceptors (Lipinski definition) is 1. The predicted molar refractivity (Wildman–Crippen MR) is 71.8 cm³/mol. The zero-order valence-corrected chi connectivity index (χ0v) is 11.9. The summed E-state index contributed by atoms with van der Waals surface area (Å²) in [6, 6.07) is 3.81. The van der Waals surface area contributed by atoms with Crippen LogP contribution in [-0.4, -0.2) is 12.1 Å². The molecule has 0 aliphatic rings. The van der Waals surface area contributed by atoms with Gasteiger partial charge in [-0.3, -0.25) is 0 Å². The molecule has 18 heavy (non-hydrogen) atoms. The highest BCUT2D eigenvalue weighted by molar-refractivity contribution is 5.26. The molecule has 0 radical (unpaired) electrons. The van der Waals surface area contributed by atoms with Crippen LogP contribution in [0.4, 0.5) is 8.78 Å². The molecule has 1 rings (SSSR count). The van der Waals surface area contributed by atoms with E-state index in [-0.39, 0.29) is 11.0 Å². The summed E-state index contributed by atoms with van der Waals surface area (Å²) in [5, 5.41) is 3.38. The van der Waals surface area contributed by atoms with Crippen LogP contribution in [0.5, 0.6) is 0 Å². The summed E-state index contributed by atoms with van der Waals surface area (Å²) < 4.78 is 26.6. The highest BCUT2D eigenvalue weighted by atomic mass is 19.1. The SMILES string of the molecule is CC(C)(C)NCCC(C)(C)c1ccc(F)cc1F. The van der Waals surface area contributed by atoms with Gasteiger partial charge in [0, 0.05) is 11.6 Å². The van der Waals surface area contributed by atoms with E-state index in [1.54, 1.807) is 6.07 Å². The van der Waals surface area contributed by atoms with Crippen molar-refractivity contribution in [3.8, 4) is 0 Å². The van der Waals surface area contributed by atoms with Gasteiger partial charge in [-0.15, -0.1) is 0 Å². The third-order valence-corrected chi connectivity index (χ3v) is 3.07. The van der Waals surface area contributed by atoms with Crippen molar-refractivity contribution >= 4 is 0 Å². The van der Waals surface area contributed by atoms with Crippen molar-refractivity contribution in [2.45, 2.75) is 52.0 Å². The average molecular weight is 255 g/mol. The van der Waals surface area contributed by atoms with E-state index in [1.807, 2.05) is 13.8 Å². The van der Waals surface area contributed by atoms with Crippen LogP contribution >= 0.6 is 0 Å². The molecule has 1 nitrogen and oxygen atoms in total. The number of benzene rings is 1. The van der Waals surface area contributed by atoms with Crippen molar-refractivity contribution < 1.29 is 8.78 Å². The Morgan fingerprint density at radius 1 is 1.06 bits per heavy atom. The summed E-state index contributed by atoms with van der Waals surface area (Å²) in [5.41, 5.74) is 0.313. The zero-order chi connectivity index (χ0) is 14.0. The fourth-order valence-corrected chi connectivity index (χ4v) is 1.92. The van der Waals surface area contributed by atoms with Crippen molar-refractivity contribution in [2.24, 2.45) is 0 Å². The second kappa shape index (κ2) is 5.35. The van der Waals surface area contributed by atoms with Crippen LogP contribution in [-0.2, 0) is 5.41 Å². The zero-order valence-electron chi connectivity index (χ0n) is 11.9. The first kappa shape index (κ1) is 15.1. The van der Waals surface area contributed by atoms with Crippen molar-refractivity contribution in [3.05, 3.63) is 35.4 Å². The molecular weight excluding hydrogens is 232 g/mol. The first-order chi connectivity index (χ1) is 8.12. The second-order valence-electron chi connectivity index (χ2n) is 6.43. The molecule has 0 aromatic heterocycles. The molecule has 0 aliphatic carbocycles. The van der Waals surface area contributed by atoms with Gasteiger partial charge in [0.05, 0.1) is 0 Å². The van der Waals surface area contributed by atoms with Gasteiger partial charge in [0.2, 0.25) is 0 Å². The lowest BCUT2D eigenvalue weighted by Gasteiger charge is -2.28. The first-order valence-corrected chi connectivity index (χ1v) is 6.32. The number of rotatable bonds is 4. The van der Waals surface area contributed by atoms with E-state index in [0.717, 1.165) is 19.0 Å². The van der Waals surface area contributed by atoms with Crippen LogP contribution in [0, 0.1) is 11.6 Å². The third-order valence-electron chi connectivity index (χ3n) is 3.07. The average Bonchev–Trinajstić information content (AvgIpc) is 2.13. The van der Waals surface area contributed by atoms with Gasteiger partial charge in [0.15, 0.2) is 0 Å². The molecule has 0 spiro atoms. The molecule has 0 heterocycles. The van der Waals surface area contributed by atoms with Crippen molar-refractivity contribution in [1.29, 1.82) is 0 Å². The summed E-state index contributed by atoms with van der Waals surface area (Å²) in [4.78, 5) is 0. The molecular formula is C15H23F2N. The van der Waals surface area contributed by atoms with E-state index in [1.165, 1.54) is 6.07 Å². The summed E-state index contributed by atoms with van der Waals surface area (Å²) in [6.07, 6.45) is 0.798. The third kappa shape index (κ3) is 4.37. The number of nitrogens with one attached hydrogen (secondary N) is 1. The van der Waals surface area contributed by atoms with Gasteiger partial charge < -0.3 is 5.32 Å². The van der Waals surface area contributed by atoms with Crippen molar-refractivity contribution in [3.63, 3.8) is 0 Å². The molecule has 0 atom stereocenters. The molecule has 0 saturated carbocycles. The summed E-state index contributed by atoms with van der Waals surface area (Å²) in [7, 11) is 0. The van der Waals surface area contributed by atoms with Crippen LogP contribution < -0.4 is 5.32 Å². The highest BCUT2D eigenvalue weighted by Crippen LogP contribution is 2.29. The standard InChI is InChI=1S/C15H23F2N/c1-14(2,3)18-9-8-15(4,5)12-7-6-11(16)10-13(12)17/h6-7,10,18H,8-9H2,1-5H3. The van der Waals surface area contributed by atoms with E-state index in [9.17, 15) is 8.78 Å². The largest absolute Gasteiger partial charge is 0.312 e. The molecule has 0 bridgehead atoms. The van der Waals surface area contributed by atoms with Crippen LogP contribution in [0.1, 0.15) is 46.6 Å². The van der Waals surface area contributed by atoms with Gasteiger partial charge in [-0.05, 0) is 50.8 Å². The summed E-state index contributed by atoms with van der Waals surface area (Å²) >= 11 is 0. The van der Waals surface area contributed by atoms with E-state index in [4.69, 9.17) is 0 Å². The van der Waals surface area contributed by atoms with Crippen LogP contribution in [0.3, 0.4) is 0 Å². The van der Waals surface area contributed by atoms with Gasteiger partial charge in [-0.2, -0.15) is 0 Å². The Hall–Kier alpha value is -0.960. The second-order valence-corrected chi connectivity index (χ2v) is 6.43. The maximum Gasteiger partial charge on any atom is 0.129 e. The number of hydrogen-bond donors (Lipinski definition) is 1. The molecule has 102 valence electrons. The van der Waals surface area contributed by atoms with Gasteiger partial charge in [0.25, 0.3) is 0 Å². The summed E-state index contributed by atoms with van der Waals surface area (Å²) in [6.45, 7) is 11.0. The maximum absolute atomic E-state index is 13.7. The quantitative estimate of drug-likeness (QED) is 0.856. The first-order valence-electron chi connectivity index (χ1n) is 6.32. The fourth-order valence-electron chi connectivity index (χ4n) is 1.92. The Balaban J connectivity index is 2.73. The molecule has 1 N–H and O–H groups in total. The smallest absolute Gasteiger partial charge is 0.129 e. The van der Waals surface area contributed by atoms with Crippen LogP contribution in [0.25, 0.3) is 0 Å². The normalized spacial score (nSPS) is 12.8. The molecule has 1 aromatic rings. The van der Waals surface area contributed by atoms with Gasteiger partial charge in [0.1, 0.15) is 11.6 Å². The Bertz CT molecular complexity index is 405. The number of halogens is 2. The highest BCUT2D eigenvalue weighted by Gasteiger charge is 2.24.